The average molecular weight is 271 g/mol. The molecular formula is C14H29N3O2. The maximum Gasteiger partial charge on any atom is 0.237 e. The van der Waals surface area contributed by atoms with Crippen molar-refractivity contribution < 1.29 is 9.53 Å². The van der Waals surface area contributed by atoms with Crippen LogP contribution in [0.2, 0.25) is 0 Å². The molecule has 3 N–H and O–H groups in total. The number of hydrogen-bond donors (Lipinski definition) is 2. The van der Waals surface area contributed by atoms with Gasteiger partial charge in [0.1, 0.15) is 0 Å². The van der Waals surface area contributed by atoms with Crippen LogP contribution in [0.25, 0.3) is 0 Å². The number of ether oxygens (including phenoxy) is 1. The highest BCUT2D eigenvalue weighted by Gasteiger charge is 2.32. The highest BCUT2D eigenvalue weighted by molar-refractivity contribution is 5.81. The minimum absolute atomic E-state index is 0.0745. The van der Waals surface area contributed by atoms with Crippen LogP contribution in [-0.4, -0.2) is 56.2 Å². The van der Waals surface area contributed by atoms with Gasteiger partial charge in [0.05, 0.1) is 12.6 Å². The summed E-state index contributed by atoms with van der Waals surface area (Å²) in [6, 6.07) is 0.227. The van der Waals surface area contributed by atoms with Crippen molar-refractivity contribution in [2.75, 3.05) is 33.4 Å². The van der Waals surface area contributed by atoms with Gasteiger partial charge in [-0.25, -0.2) is 0 Å². The smallest absolute Gasteiger partial charge is 0.237 e. The lowest BCUT2D eigenvalue weighted by molar-refractivity contribution is -0.127. The van der Waals surface area contributed by atoms with E-state index in [1.165, 1.54) is 12.8 Å². The van der Waals surface area contributed by atoms with Crippen molar-refractivity contribution in [1.82, 2.24) is 10.2 Å². The Morgan fingerprint density at radius 1 is 1.58 bits per heavy atom. The first kappa shape index (κ1) is 16.4. The Balaban J connectivity index is 2.49. The molecule has 1 saturated heterocycles. The predicted molar refractivity (Wildman–Crippen MR) is 76.9 cm³/mol. The summed E-state index contributed by atoms with van der Waals surface area (Å²) in [5, 5.41) is 2.90. The highest BCUT2D eigenvalue weighted by Crippen LogP contribution is 2.26. The SMILES string of the molecule is CCC1CCN(C(C)C(=O)NCCOC)C(CN)C1. The lowest BCUT2D eigenvalue weighted by Gasteiger charge is -2.41. The predicted octanol–water partition coefficient (Wildman–Crippen LogP) is 0.587. The van der Waals surface area contributed by atoms with Gasteiger partial charge >= 0.3 is 0 Å². The second kappa shape index (κ2) is 8.51. The van der Waals surface area contributed by atoms with Crippen molar-refractivity contribution >= 4 is 5.91 Å². The van der Waals surface area contributed by atoms with E-state index in [-0.39, 0.29) is 11.9 Å². The molecule has 112 valence electrons. The number of carbonyl (C=O) groups is 1. The standard InChI is InChI=1S/C14H29N3O2/c1-4-12-5-7-17(13(9-12)10-15)11(2)14(18)16-6-8-19-3/h11-13H,4-10,15H2,1-3H3,(H,16,18). The van der Waals surface area contributed by atoms with E-state index in [4.69, 9.17) is 10.5 Å². The van der Waals surface area contributed by atoms with Crippen molar-refractivity contribution in [3.8, 4) is 0 Å². The van der Waals surface area contributed by atoms with Crippen LogP contribution in [0.4, 0.5) is 0 Å². The molecule has 0 bridgehead atoms. The highest BCUT2D eigenvalue weighted by atomic mass is 16.5. The van der Waals surface area contributed by atoms with Crippen molar-refractivity contribution in [3.05, 3.63) is 0 Å². The molecule has 1 fully saturated rings. The van der Waals surface area contributed by atoms with Crippen LogP contribution in [0.15, 0.2) is 0 Å². The van der Waals surface area contributed by atoms with Crippen molar-refractivity contribution in [3.63, 3.8) is 0 Å². The van der Waals surface area contributed by atoms with E-state index in [9.17, 15) is 4.79 Å². The molecule has 1 aliphatic heterocycles. The molecule has 1 amide bonds. The monoisotopic (exact) mass is 271 g/mol. The van der Waals surface area contributed by atoms with Crippen molar-refractivity contribution in [1.29, 1.82) is 0 Å². The van der Waals surface area contributed by atoms with Gasteiger partial charge in [0.2, 0.25) is 5.91 Å². The molecule has 0 aromatic heterocycles. The minimum Gasteiger partial charge on any atom is -0.383 e. The molecule has 0 radical (unpaired) electrons. The van der Waals surface area contributed by atoms with E-state index in [0.29, 0.717) is 25.7 Å². The van der Waals surface area contributed by atoms with E-state index >= 15 is 0 Å². The molecule has 1 aliphatic rings. The molecule has 1 rings (SSSR count). The molecule has 5 heteroatoms. The van der Waals surface area contributed by atoms with Crippen LogP contribution in [0.3, 0.4) is 0 Å². The fourth-order valence-electron chi connectivity index (χ4n) is 2.84. The van der Waals surface area contributed by atoms with Gasteiger partial charge in [-0.15, -0.1) is 0 Å². The Morgan fingerprint density at radius 2 is 2.32 bits per heavy atom. The first-order valence-corrected chi connectivity index (χ1v) is 7.36. The fraction of sp³-hybridized carbons (Fsp3) is 0.929. The largest absolute Gasteiger partial charge is 0.383 e. The maximum absolute atomic E-state index is 12.1. The Kier molecular flexibility index (Phi) is 7.34. The first-order valence-electron chi connectivity index (χ1n) is 7.36. The van der Waals surface area contributed by atoms with Crippen LogP contribution >= 0.6 is 0 Å². The van der Waals surface area contributed by atoms with Crippen LogP contribution in [-0.2, 0) is 9.53 Å². The lowest BCUT2D eigenvalue weighted by atomic mass is 9.88. The molecule has 0 saturated carbocycles. The fourth-order valence-corrected chi connectivity index (χ4v) is 2.84. The number of nitrogens with zero attached hydrogens (tertiary/aromatic N) is 1. The molecule has 3 unspecified atom stereocenters. The molecular weight excluding hydrogens is 242 g/mol. The zero-order valence-electron chi connectivity index (χ0n) is 12.5. The van der Waals surface area contributed by atoms with Crippen molar-refractivity contribution in [2.24, 2.45) is 11.7 Å². The van der Waals surface area contributed by atoms with Gasteiger partial charge in [0.15, 0.2) is 0 Å². The Hall–Kier alpha value is -0.650. The average Bonchev–Trinajstić information content (AvgIpc) is 2.45. The number of likely N-dealkylation sites (tertiary alicyclic amines) is 1. The zero-order chi connectivity index (χ0) is 14.3. The van der Waals surface area contributed by atoms with Gasteiger partial charge in [0, 0.05) is 26.2 Å². The van der Waals surface area contributed by atoms with Crippen LogP contribution in [0, 0.1) is 5.92 Å². The van der Waals surface area contributed by atoms with Crippen LogP contribution < -0.4 is 11.1 Å². The summed E-state index contributed by atoms with van der Waals surface area (Å²) >= 11 is 0. The normalized spacial score (nSPS) is 26.1. The van der Waals surface area contributed by atoms with Crippen molar-refractivity contribution in [2.45, 2.75) is 45.2 Å². The quantitative estimate of drug-likeness (QED) is 0.665. The Bertz CT molecular complexity index is 273. The number of amides is 1. The molecule has 3 atom stereocenters. The number of nitrogens with one attached hydrogen (secondary N) is 1. The second-order valence-corrected chi connectivity index (χ2v) is 5.39. The summed E-state index contributed by atoms with van der Waals surface area (Å²) in [6.07, 6.45) is 3.49. The molecule has 0 spiro atoms. The number of hydrogen-bond acceptors (Lipinski definition) is 4. The van der Waals surface area contributed by atoms with Crippen LogP contribution in [0.5, 0.6) is 0 Å². The number of piperidine rings is 1. The van der Waals surface area contributed by atoms with Gasteiger partial charge < -0.3 is 15.8 Å². The van der Waals surface area contributed by atoms with Crippen LogP contribution in [0.1, 0.15) is 33.1 Å². The number of rotatable bonds is 7. The third-order valence-corrected chi connectivity index (χ3v) is 4.20. The second-order valence-electron chi connectivity index (χ2n) is 5.39. The summed E-state index contributed by atoms with van der Waals surface area (Å²) in [7, 11) is 1.63. The third kappa shape index (κ3) is 4.75. The van der Waals surface area contributed by atoms with E-state index < -0.39 is 0 Å². The Labute approximate surface area is 116 Å². The van der Waals surface area contributed by atoms with E-state index in [2.05, 4.69) is 17.1 Å². The molecule has 19 heavy (non-hydrogen) atoms. The van der Waals surface area contributed by atoms with E-state index in [1.807, 2.05) is 6.92 Å². The van der Waals surface area contributed by atoms with E-state index in [1.54, 1.807) is 7.11 Å². The third-order valence-electron chi connectivity index (χ3n) is 4.20. The van der Waals surface area contributed by atoms with Gasteiger partial charge in [-0.2, -0.15) is 0 Å². The molecule has 5 nitrogen and oxygen atoms in total. The number of nitrogens with two attached hydrogens (primary N) is 1. The molecule has 0 aromatic rings. The summed E-state index contributed by atoms with van der Waals surface area (Å²) < 4.78 is 4.94. The summed E-state index contributed by atoms with van der Waals surface area (Å²) in [5.41, 5.74) is 5.88. The lowest BCUT2D eigenvalue weighted by Crippen LogP contribution is -2.55. The van der Waals surface area contributed by atoms with Gasteiger partial charge in [-0.1, -0.05) is 13.3 Å². The Morgan fingerprint density at radius 3 is 2.89 bits per heavy atom. The summed E-state index contributed by atoms with van der Waals surface area (Å²) in [4.78, 5) is 14.3. The first-order chi connectivity index (χ1) is 9.13. The summed E-state index contributed by atoms with van der Waals surface area (Å²) in [6.45, 7) is 6.92. The zero-order valence-corrected chi connectivity index (χ0v) is 12.5. The summed E-state index contributed by atoms with van der Waals surface area (Å²) in [5.74, 6) is 0.832. The number of methoxy groups -OCH3 is 1. The molecule has 0 aromatic carbocycles. The molecule has 1 heterocycles. The maximum atomic E-state index is 12.1. The van der Waals surface area contributed by atoms with E-state index in [0.717, 1.165) is 18.9 Å². The molecule has 0 aliphatic carbocycles. The minimum atomic E-state index is -0.108. The topological polar surface area (TPSA) is 67.6 Å². The van der Waals surface area contributed by atoms with Gasteiger partial charge in [-0.3, -0.25) is 9.69 Å². The van der Waals surface area contributed by atoms with Gasteiger partial charge in [0.25, 0.3) is 0 Å². The number of carbonyl (C=O) groups excluding carboxylic acids is 1. The van der Waals surface area contributed by atoms with Gasteiger partial charge in [-0.05, 0) is 32.2 Å².